The predicted octanol–water partition coefficient (Wildman–Crippen LogP) is 4.16. The molecular weight excluding hydrogens is 320 g/mol. The summed E-state index contributed by atoms with van der Waals surface area (Å²) in [5.41, 5.74) is 1.12. The first kappa shape index (κ1) is 11.1. The Hall–Kier alpha value is -0.350. The fraction of sp³-hybridized carbons (Fsp3) is 0.364. The monoisotopic (exact) mass is 330 g/mol. The van der Waals surface area contributed by atoms with Crippen LogP contribution >= 0.6 is 31.9 Å². The number of fused-ring (bicyclic) bond motifs is 1. The standard InChI is InChI=1S/C11H12Br2N2/c1-11(2,3)10-14-9(13)7-5-4-6-8(12)15(7)10/h4-6H,1-3H3. The van der Waals surface area contributed by atoms with Crippen LogP contribution in [0.25, 0.3) is 5.52 Å². The third-order valence-electron chi connectivity index (χ3n) is 2.24. The van der Waals surface area contributed by atoms with Crippen molar-refractivity contribution in [3.63, 3.8) is 0 Å². The molecule has 0 aliphatic rings. The van der Waals surface area contributed by atoms with Gasteiger partial charge in [0, 0.05) is 5.41 Å². The lowest BCUT2D eigenvalue weighted by molar-refractivity contribution is 0.540. The molecule has 0 amide bonds. The zero-order chi connectivity index (χ0) is 11.2. The lowest BCUT2D eigenvalue weighted by Gasteiger charge is -2.17. The topological polar surface area (TPSA) is 17.3 Å². The van der Waals surface area contributed by atoms with Crippen LogP contribution in [0.15, 0.2) is 27.4 Å². The summed E-state index contributed by atoms with van der Waals surface area (Å²) < 4.78 is 4.06. The van der Waals surface area contributed by atoms with E-state index in [-0.39, 0.29) is 5.41 Å². The molecule has 0 atom stereocenters. The molecule has 2 aromatic heterocycles. The summed E-state index contributed by atoms with van der Waals surface area (Å²) in [5, 5.41) is 0. The lowest BCUT2D eigenvalue weighted by atomic mass is 9.96. The van der Waals surface area contributed by atoms with Crippen LogP contribution in [0.4, 0.5) is 0 Å². The fourth-order valence-corrected chi connectivity index (χ4v) is 2.55. The molecule has 0 radical (unpaired) electrons. The van der Waals surface area contributed by atoms with E-state index in [1.807, 2.05) is 12.1 Å². The van der Waals surface area contributed by atoms with Gasteiger partial charge in [0.1, 0.15) is 10.4 Å². The Morgan fingerprint density at radius 1 is 1.20 bits per heavy atom. The van der Waals surface area contributed by atoms with Gasteiger partial charge >= 0.3 is 0 Å². The van der Waals surface area contributed by atoms with Gasteiger partial charge in [0.25, 0.3) is 0 Å². The molecule has 2 aromatic rings. The Morgan fingerprint density at radius 3 is 2.47 bits per heavy atom. The first-order chi connectivity index (χ1) is 6.91. The van der Waals surface area contributed by atoms with Gasteiger partial charge in [0.15, 0.2) is 0 Å². The zero-order valence-corrected chi connectivity index (χ0v) is 12.1. The highest BCUT2D eigenvalue weighted by Crippen LogP contribution is 2.29. The molecule has 2 rings (SSSR count). The van der Waals surface area contributed by atoms with Crippen LogP contribution in [0, 0.1) is 0 Å². The molecule has 0 fully saturated rings. The summed E-state index contributed by atoms with van der Waals surface area (Å²) in [6.45, 7) is 6.48. The smallest absolute Gasteiger partial charge is 0.132 e. The van der Waals surface area contributed by atoms with Crippen molar-refractivity contribution in [3.8, 4) is 0 Å². The Morgan fingerprint density at radius 2 is 1.87 bits per heavy atom. The highest BCUT2D eigenvalue weighted by Gasteiger charge is 2.22. The van der Waals surface area contributed by atoms with Gasteiger partial charge in [-0.1, -0.05) is 26.8 Å². The third kappa shape index (κ3) is 1.85. The van der Waals surface area contributed by atoms with Gasteiger partial charge in [0.2, 0.25) is 0 Å². The van der Waals surface area contributed by atoms with Crippen molar-refractivity contribution in [1.29, 1.82) is 0 Å². The largest absolute Gasteiger partial charge is 0.289 e. The molecule has 0 saturated heterocycles. The average molecular weight is 332 g/mol. The Bertz CT molecular complexity index is 509. The summed E-state index contributed by atoms with van der Waals surface area (Å²) in [6, 6.07) is 6.09. The molecule has 0 spiro atoms. The molecule has 4 heteroatoms. The number of halogens is 2. The molecular formula is C11H12Br2N2. The maximum absolute atomic E-state index is 4.57. The SMILES string of the molecule is CC(C)(C)c1nc(Br)c2cccc(Br)n12. The minimum atomic E-state index is 0.0266. The normalized spacial score (nSPS) is 12.3. The van der Waals surface area contributed by atoms with Crippen molar-refractivity contribution in [3.05, 3.63) is 33.2 Å². The molecule has 15 heavy (non-hydrogen) atoms. The number of rotatable bonds is 0. The van der Waals surface area contributed by atoms with Crippen LogP contribution in [0.2, 0.25) is 0 Å². The molecule has 0 aliphatic heterocycles. The van der Waals surface area contributed by atoms with E-state index in [9.17, 15) is 0 Å². The van der Waals surface area contributed by atoms with E-state index in [0.29, 0.717) is 0 Å². The first-order valence-corrected chi connectivity index (χ1v) is 6.33. The second kappa shape index (κ2) is 3.59. The molecule has 0 saturated carbocycles. The maximum atomic E-state index is 4.57. The molecule has 0 N–H and O–H groups in total. The van der Waals surface area contributed by atoms with E-state index in [1.165, 1.54) is 0 Å². The molecule has 0 aliphatic carbocycles. The van der Waals surface area contributed by atoms with Gasteiger partial charge in [-0.25, -0.2) is 4.98 Å². The molecule has 2 nitrogen and oxygen atoms in total. The van der Waals surface area contributed by atoms with E-state index in [1.54, 1.807) is 0 Å². The molecule has 0 aromatic carbocycles. The van der Waals surface area contributed by atoms with Gasteiger partial charge in [-0.3, -0.25) is 4.40 Å². The summed E-state index contributed by atoms with van der Waals surface area (Å²) in [5.74, 6) is 1.05. The quantitative estimate of drug-likeness (QED) is 0.663. The second-order valence-electron chi connectivity index (χ2n) is 4.55. The summed E-state index contributed by atoms with van der Waals surface area (Å²) in [4.78, 5) is 4.57. The number of nitrogens with zero attached hydrogens (tertiary/aromatic N) is 2. The molecule has 0 bridgehead atoms. The number of imidazole rings is 1. The van der Waals surface area contributed by atoms with E-state index < -0.39 is 0 Å². The fourth-order valence-electron chi connectivity index (χ4n) is 1.56. The van der Waals surface area contributed by atoms with Gasteiger partial charge in [-0.15, -0.1) is 0 Å². The summed E-state index contributed by atoms with van der Waals surface area (Å²) in [7, 11) is 0. The van der Waals surface area contributed by atoms with Crippen molar-refractivity contribution in [2.24, 2.45) is 0 Å². The van der Waals surface area contributed by atoms with Crippen molar-refractivity contribution < 1.29 is 0 Å². The van der Waals surface area contributed by atoms with Gasteiger partial charge < -0.3 is 0 Å². The Kier molecular flexibility index (Phi) is 2.67. The highest BCUT2D eigenvalue weighted by molar-refractivity contribution is 9.11. The first-order valence-electron chi connectivity index (χ1n) is 4.74. The van der Waals surface area contributed by atoms with Crippen molar-refractivity contribution in [2.75, 3.05) is 0 Å². The Labute approximate surface area is 106 Å². The number of aromatic nitrogens is 2. The van der Waals surface area contributed by atoms with Gasteiger partial charge in [0.05, 0.1) is 10.1 Å². The van der Waals surface area contributed by atoms with Gasteiger partial charge in [-0.2, -0.15) is 0 Å². The van der Waals surface area contributed by atoms with Crippen molar-refractivity contribution in [2.45, 2.75) is 26.2 Å². The van der Waals surface area contributed by atoms with Crippen LogP contribution in [-0.2, 0) is 5.41 Å². The van der Waals surface area contributed by atoms with Crippen molar-refractivity contribution >= 4 is 37.4 Å². The van der Waals surface area contributed by atoms with Crippen LogP contribution in [-0.4, -0.2) is 9.38 Å². The van der Waals surface area contributed by atoms with Crippen molar-refractivity contribution in [1.82, 2.24) is 9.38 Å². The number of pyridine rings is 1. The highest BCUT2D eigenvalue weighted by atomic mass is 79.9. The minimum Gasteiger partial charge on any atom is -0.289 e. The Balaban J connectivity index is 2.88. The van der Waals surface area contributed by atoms with E-state index in [2.05, 4.69) is 68.1 Å². The van der Waals surface area contributed by atoms with Crippen LogP contribution in [0.1, 0.15) is 26.6 Å². The zero-order valence-electron chi connectivity index (χ0n) is 8.88. The predicted molar refractivity (Wildman–Crippen MR) is 69.3 cm³/mol. The maximum Gasteiger partial charge on any atom is 0.132 e. The van der Waals surface area contributed by atoms with E-state index in [4.69, 9.17) is 0 Å². The average Bonchev–Trinajstić information content (AvgIpc) is 2.45. The van der Waals surface area contributed by atoms with Crippen LogP contribution in [0.5, 0.6) is 0 Å². The molecule has 0 unspecified atom stereocenters. The van der Waals surface area contributed by atoms with Crippen LogP contribution in [0.3, 0.4) is 0 Å². The van der Waals surface area contributed by atoms with Gasteiger partial charge in [-0.05, 0) is 44.0 Å². The minimum absolute atomic E-state index is 0.0266. The van der Waals surface area contributed by atoms with E-state index in [0.717, 1.165) is 20.5 Å². The summed E-state index contributed by atoms with van der Waals surface area (Å²) >= 11 is 7.05. The second-order valence-corrected chi connectivity index (χ2v) is 6.11. The number of hydrogen-bond donors (Lipinski definition) is 0. The number of hydrogen-bond acceptors (Lipinski definition) is 1. The third-order valence-corrected chi connectivity index (χ3v) is 3.44. The molecule has 80 valence electrons. The lowest BCUT2D eigenvalue weighted by Crippen LogP contribution is -2.16. The van der Waals surface area contributed by atoms with E-state index >= 15 is 0 Å². The molecule has 2 heterocycles. The summed E-state index contributed by atoms with van der Waals surface area (Å²) in [6.07, 6.45) is 0. The van der Waals surface area contributed by atoms with Crippen LogP contribution < -0.4 is 0 Å².